The number of aromatic nitrogens is 3. The van der Waals surface area contributed by atoms with Gasteiger partial charge in [0.15, 0.2) is 5.78 Å². The first-order valence-electron chi connectivity index (χ1n) is 8.93. The molecule has 2 aromatic carbocycles. The van der Waals surface area contributed by atoms with Gasteiger partial charge in [0, 0.05) is 28.9 Å². The third-order valence-corrected chi connectivity index (χ3v) is 4.27. The van der Waals surface area contributed by atoms with E-state index in [1.807, 2.05) is 61.5 Å². The number of hydrogen-bond acceptors (Lipinski definition) is 6. The van der Waals surface area contributed by atoms with Gasteiger partial charge in [0.2, 0.25) is 0 Å². The fourth-order valence-electron chi connectivity index (χ4n) is 3.00. The van der Waals surface area contributed by atoms with E-state index in [1.54, 1.807) is 19.2 Å². The van der Waals surface area contributed by atoms with Crippen molar-refractivity contribution in [1.82, 2.24) is 15.0 Å². The summed E-state index contributed by atoms with van der Waals surface area (Å²) in [5, 5.41) is 7.63. The minimum Gasteiger partial charge on any atom is -0.340 e. The van der Waals surface area contributed by atoms with Gasteiger partial charge in [-0.05, 0) is 38.1 Å². The molecule has 0 aliphatic heterocycles. The molecular weight excluding hydrogens is 350 g/mol. The molecule has 138 valence electrons. The van der Waals surface area contributed by atoms with Gasteiger partial charge in [0.25, 0.3) is 0 Å². The number of anilines is 4. The molecule has 0 aliphatic rings. The molecule has 0 radical (unpaired) electrons. The van der Waals surface area contributed by atoms with E-state index in [0.717, 1.165) is 22.3 Å². The van der Waals surface area contributed by atoms with Crippen LogP contribution in [0.5, 0.6) is 0 Å². The van der Waals surface area contributed by atoms with Gasteiger partial charge < -0.3 is 10.6 Å². The third-order valence-electron chi connectivity index (χ3n) is 4.27. The van der Waals surface area contributed by atoms with Crippen molar-refractivity contribution in [1.29, 1.82) is 0 Å². The molecule has 0 atom stereocenters. The largest absolute Gasteiger partial charge is 0.340 e. The summed E-state index contributed by atoms with van der Waals surface area (Å²) in [6.07, 6.45) is 1.77. The second-order valence-electron chi connectivity index (χ2n) is 6.45. The fourth-order valence-corrected chi connectivity index (χ4v) is 3.00. The predicted octanol–water partition coefficient (Wildman–Crippen LogP) is 5.02. The van der Waals surface area contributed by atoms with Crippen molar-refractivity contribution < 1.29 is 4.79 Å². The molecule has 0 spiro atoms. The summed E-state index contributed by atoms with van der Waals surface area (Å²) in [6, 6.07) is 19.1. The number of nitrogens with zero attached hydrogens (tertiary/aromatic N) is 3. The van der Waals surface area contributed by atoms with Crippen molar-refractivity contribution in [2.45, 2.75) is 13.8 Å². The zero-order valence-corrected chi connectivity index (χ0v) is 15.6. The van der Waals surface area contributed by atoms with Crippen LogP contribution in [0, 0.1) is 6.92 Å². The van der Waals surface area contributed by atoms with Crippen LogP contribution in [-0.4, -0.2) is 20.7 Å². The lowest BCUT2D eigenvalue weighted by Crippen LogP contribution is -2.02. The Morgan fingerprint density at radius 2 is 1.64 bits per heavy atom. The molecule has 0 unspecified atom stereocenters. The summed E-state index contributed by atoms with van der Waals surface area (Å²) < 4.78 is 0. The van der Waals surface area contributed by atoms with E-state index < -0.39 is 0 Å². The quantitative estimate of drug-likeness (QED) is 0.481. The molecule has 28 heavy (non-hydrogen) atoms. The van der Waals surface area contributed by atoms with Gasteiger partial charge in [-0.3, -0.25) is 9.78 Å². The molecule has 2 aromatic heterocycles. The Bertz CT molecular complexity index is 1170. The number of para-hydroxylation sites is 1. The molecule has 4 aromatic rings. The lowest BCUT2D eigenvalue weighted by molar-refractivity contribution is 0.101. The van der Waals surface area contributed by atoms with Gasteiger partial charge in [0.1, 0.15) is 17.5 Å². The Morgan fingerprint density at radius 3 is 2.46 bits per heavy atom. The van der Waals surface area contributed by atoms with Gasteiger partial charge >= 0.3 is 0 Å². The van der Waals surface area contributed by atoms with Crippen molar-refractivity contribution in [3.63, 3.8) is 0 Å². The Morgan fingerprint density at radius 1 is 0.893 bits per heavy atom. The zero-order valence-electron chi connectivity index (χ0n) is 15.6. The molecule has 0 amide bonds. The van der Waals surface area contributed by atoms with Gasteiger partial charge in [0.05, 0.1) is 11.2 Å². The summed E-state index contributed by atoms with van der Waals surface area (Å²) >= 11 is 0. The van der Waals surface area contributed by atoms with Crippen molar-refractivity contribution in [2.24, 2.45) is 0 Å². The van der Waals surface area contributed by atoms with Crippen LogP contribution in [-0.2, 0) is 0 Å². The first-order valence-corrected chi connectivity index (χ1v) is 8.93. The van der Waals surface area contributed by atoms with Crippen molar-refractivity contribution in [3.8, 4) is 0 Å². The van der Waals surface area contributed by atoms with Gasteiger partial charge in [-0.2, -0.15) is 0 Å². The highest BCUT2D eigenvalue weighted by molar-refractivity contribution is 5.95. The van der Waals surface area contributed by atoms with E-state index in [0.29, 0.717) is 23.0 Å². The molecule has 6 nitrogen and oxygen atoms in total. The first-order chi connectivity index (χ1) is 13.6. The number of nitrogens with one attached hydrogen (secondary N) is 2. The Labute approximate surface area is 162 Å². The highest BCUT2D eigenvalue weighted by Gasteiger charge is 2.07. The molecule has 6 heteroatoms. The van der Waals surface area contributed by atoms with E-state index >= 15 is 0 Å². The molecule has 2 N–H and O–H groups in total. The van der Waals surface area contributed by atoms with Gasteiger partial charge in [-0.15, -0.1) is 0 Å². The average molecular weight is 369 g/mol. The third kappa shape index (κ3) is 3.81. The molecule has 0 saturated carbocycles. The van der Waals surface area contributed by atoms with Crippen LogP contribution in [0.25, 0.3) is 10.9 Å². The number of aryl methyl sites for hydroxylation is 1. The average Bonchev–Trinajstić information content (AvgIpc) is 2.68. The predicted molar refractivity (Wildman–Crippen MR) is 112 cm³/mol. The number of ketones is 1. The first kappa shape index (κ1) is 17.6. The highest BCUT2D eigenvalue weighted by Crippen LogP contribution is 2.25. The van der Waals surface area contributed by atoms with Crippen LogP contribution >= 0.6 is 0 Å². The maximum absolute atomic E-state index is 11.6. The van der Waals surface area contributed by atoms with Crippen molar-refractivity contribution >= 4 is 39.7 Å². The van der Waals surface area contributed by atoms with Crippen LogP contribution < -0.4 is 10.6 Å². The normalized spacial score (nSPS) is 10.6. The Hall–Kier alpha value is -3.80. The van der Waals surface area contributed by atoms with Crippen LogP contribution in [0.2, 0.25) is 0 Å². The summed E-state index contributed by atoms with van der Waals surface area (Å²) in [4.78, 5) is 25.0. The number of carbonyl (C=O) groups excluding carboxylic acids is 1. The minimum absolute atomic E-state index is 0.0216. The maximum Gasteiger partial charge on any atom is 0.159 e. The smallest absolute Gasteiger partial charge is 0.159 e. The minimum atomic E-state index is 0.0216. The number of carbonyl (C=O) groups is 1. The van der Waals surface area contributed by atoms with Crippen molar-refractivity contribution in [2.75, 3.05) is 10.6 Å². The lowest BCUT2D eigenvalue weighted by atomic mass is 10.1. The zero-order chi connectivity index (χ0) is 19.5. The van der Waals surface area contributed by atoms with Crippen LogP contribution in [0.4, 0.5) is 23.0 Å². The number of hydrogen-bond donors (Lipinski definition) is 2. The highest BCUT2D eigenvalue weighted by atomic mass is 16.1. The fraction of sp³-hybridized carbons (Fsp3) is 0.0909. The molecule has 0 aliphatic carbocycles. The van der Waals surface area contributed by atoms with Crippen LogP contribution in [0.15, 0.2) is 66.9 Å². The van der Waals surface area contributed by atoms with Gasteiger partial charge in [-0.1, -0.05) is 30.3 Å². The van der Waals surface area contributed by atoms with E-state index in [4.69, 9.17) is 0 Å². The lowest BCUT2D eigenvalue weighted by Gasteiger charge is -2.12. The Kier molecular flexibility index (Phi) is 4.68. The number of rotatable bonds is 5. The second kappa shape index (κ2) is 7.44. The standard InChI is InChI=1S/C22H19N5O/c1-14(28)17-7-3-9-18(12-17)26-20-13-21(25-15(2)24-20)27-19-10-4-6-16-8-5-11-23-22(16)19/h3-13H,1-2H3,(H2,24,25,26,27). The maximum atomic E-state index is 11.6. The molecule has 0 saturated heterocycles. The monoisotopic (exact) mass is 369 g/mol. The number of Topliss-reactive ketones (excluding diaryl/α,β-unsaturated/α-hetero) is 1. The Balaban J connectivity index is 1.64. The molecule has 0 fully saturated rings. The molecular formula is C22H19N5O. The number of pyridine rings is 1. The van der Waals surface area contributed by atoms with E-state index in [1.165, 1.54) is 0 Å². The summed E-state index contributed by atoms with van der Waals surface area (Å²) in [5.41, 5.74) is 3.20. The van der Waals surface area contributed by atoms with E-state index in [2.05, 4.69) is 25.6 Å². The van der Waals surface area contributed by atoms with Crippen molar-refractivity contribution in [3.05, 3.63) is 78.2 Å². The number of benzene rings is 2. The van der Waals surface area contributed by atoms with Crippen LogP contribution in [0.1, 0.15) is 23.1 Å². The molecule has 4 rings (SSSR count). The van der Waals surface area contributed by atoms with Crippen LogP contribution in [0.3, 0.4) is 0 Å². The van der Waals surface area contributed by atoms with E-state index in [9.17, 15) is 4.79 Å². The molecule has 2 heterocycles. The molecule has 0 bridgehead atoms. The summed E-state index contributed by atoms with van der Waals surface area (Å²) in [7, 11) is 0. The van der Waals surface area contributed by atoms with Gasteiger partial charge in [-0.25, -0.2) is 9.97 Å². The summed E-state index contributed by atoms with van der Waals surface area (Å²) in [5.74, 6) is 1.96. The summed E-state index contributed by atoms with van der Waals surface area (Å²) in [6.45, 7) is 3.39. The van der Waals surface area contributed by atoms with E-state index in [-0.39, 0.29) is 5.78 Å². The SMILES string of the molecule is CC(=O)c1cccc(Nc2cc(Nc3cccc4cccnc34)nc(C)n2)c1. The number of fused-ring (bicyclic) bond motifs is 1. The topological polar surface area (TPSA) is 79.8 Å². The second-order valence-corrected chi connectivity index (χ2v) is 6.45.